The van der Waals surface area contributed by atoms with Gasteiger partial charge in [-0.25, -0.2) is 15.0 Å². The highest BCUT2D eigenvalue weighted by Gasteiger charge is 2.20. The second-order valence-electron chi connectivity index (χ2n) is 13.0. The molecular formula is C42H34N8OS2. The monoisotopic (exact) mass is 730 g/mol. The normalized spacial score (nSPS) is 12.7. The number of aromatic amines is 1. The fourth-order valence-electron chi connectivity index (χ4n) is 7.03. The fraction of sp³-hybridized carbons (Fsp3) is 0.119. The summed E-state index contributed by atoms with van der Waals surface area (Å²) in [6, 6.07) is 33.4. The SMILES string of the molecule is CNC(=O)c1cccc2c1nc(NC(C)c1ccc(-c3cc(-c4ncn[nH]4)c4nc(NC(C)c5ccccc5)c5ccsc5c4c3)cc1)c1ccsc12. The van der Waals surface area contributed by atoms with Gasteiger partial charge in [0.2, 0.25) is 0 Å². The van der Waals surface area contributed by atoms with Crippen molar-refractivity contribution in [3.8, 4) is 22.5 Å². The molecule has 0 aliphatic carbocycles. The van der Waals surface area contributed by atoms with E-state index < -0.39 is 0 Å². The van der Waals surface area contributed by atoms with Crippen molar-refractivity contribution in [3.05, 3.63) is 131 Å². The van der Waals surface area contributed by atoms with Crippen molar-refractivity contribution in [2.75, 3.05) is 17.7 Å². The third-order valence-electron chi connectivity index (χ3n) is 9.81. The van der Waals surface area contributed by atoms with Crippen molar-refractivity contribution in [2.45, 2.75) is 25.9 Å². The Kier molecular flexibility index (Phi) is 8.29. The number of benzene rings is 4. The number of nitrogens with zero attached hydrogens (tertiary/aromatic N) is 4. The first-order chi connectivity index (χ1) is 26.0. The first-order valence-electron chi connectivity index (χ1n) is 17.4. The van der Waals surface area contributed by atoms with Crippen molar-refractivity contribution in [3.63, 3.8) is 0 Å². The van der Waals surface area contributed by atoms with E-state index in [2.05, 4.69) is 129 Å². The summed E-state index contributed by atoms with van der Waals surface area (Å²) >= 11 is 3.37. The van der Waals surface area contributed by atoms with E-state index in [0.29, 0.717) is 16.9 Å². The summed E-state index contributed by atoms with van der Waals surface area (Å²) < 4.78 is 2.27. The van der Waals surface area contributed by atoms with Crippen LogP contribution in [-0.4, -0.2) is 38.1 Å². The molecule has 0 fully saturated rings. The summed E-state index contributed by atoms with van der Waals surface area (Å²) in [5.74, 6) is 2.11. The number of hydrogen-bond acceptors (Lipinski definition) is 9. The van der Waals surface area contributed by atoms with E-state index >= 15 is 0 Å². The Morgan fingerprint density at radius 2 is 1.34 bits per heavy atom. The molecule has 2 atom stereocenters. The molecule has 0 radical (unpaired) electrons. The largest absolute Gasteiger partial charge is 0.363 e. The molecule has 9 nitrogen and oxygen atoms in total. The van der Waals surface area contributed by atoms with Gasteiger partial charge in [-0.15, -0.1) is 22.7 Å². The number of H-pyrrole nitrogens is 1. The van der Waals surface area contributed by atoms with Crippen molar-refractivity contribution in [1.29, 1.82) is 0 Å². The van der Waals surface area contributed by atoms with Crippen molar-refractivity contribution < 1.29 is 4.79 Å². The Morgan fingerprint density at radius 3 is 2.00 bits per heavy atom. The lowest BCUT2D eigenvalue weighted by Crippen LogP contribution is -2.18. The number of aromatic nitrogens is 5. The number of anilines is 2. The number of thiophene rings is 2. The Balaban J connectivity index is 1.07. The van der Waals surface area contributed by atoms with Crippen LogP contribution in [0.4, 0.5) is 11.6 Å². The quantitative estimate of drug-likeness (QED) is 0.117. The molecule has 9 aromatic rings. The van der Waals surface area contributed by atoms with Crippen LogP contribution in [0.3, 0.4) is 0 Å². The lowest BCUT2D eigenvalue weighted by molar-refractivity contribution is 0.0964. The molecule has 0 bridgehead atoms. The van der Waals surface area contributed by atoms with Crippen molar-refractivity contribution >= 4 is 82.2 Å². The molecule has 9 rings (SSSR count). The molecule has 5 aromatic heterocycles. The van der Waals surface area contributed by atoms with Gasteiger partial charge in [0.1, 0.15) is 18.0 Å². The minimum Gasteiger partial charge on any atom is -0.363 e. The Labute approximate surface area is 313 Å². The number of amides is 1. The van der Waals surface area contributed by atoms with Crippen LogP contribution in [-0.2, 0) is 0 Å². The zero-order valence-electron chi connectivity index (χ0n) is 29.1. The maximum absolute atomic E-state index is 12.7. The van der Waals surface area contributed by atoms with Gasteiger partial charge in [0.15, 0.2) is 5.82 Å². The number of pyridine rings is 2. The molecule has 0 spiro atoms. The summed E-state index contributed by atoms with van der Waals surface area (Å²) in [4.78, 5) is 27.5. The minimum absolute atomic E-state index is 0.0511. The van der Waals surface area contributed by atoms with Gasteiger partial charge in [-0.3, -0.25) is 9.89 Å². The molecule has 53 heavy (non-hydrogen) atoms. The molecule has 1 amide bonds. The van der Waals surface area contributed by atoms with E-state index in [4.69, 9.17) is 9.97 Å². The van der Waals surface area contributed by atoms with Crippen LogP contribution in [0.25, 0.3) is 64.5 Å². The number of fused-ring (bicyclic) bond motifs is 6. The second kappa shape index (κ2) is 13.4. The molecule has 260 valence electrons. The van der Waals surface area contributed by atoms with Gasteiger partial charge in [-0.1, -0.05) is 66.7 Å². The van der Waals surface area contributed by atoms with Gasteiger partial charge < -0.3 is 16.0 Å². The topological polar surface area (TPSA) is 121 Å². The molecule has 5 heterocycles. The van der Waals surface area contributed by atoms with E-state index in [-0.39, 0.29) is 18.0 Å². The lowest BCUT2D eigenvalue weighted by Gasteiger charge is -2.18. The maximum Gasteiger partial charge on any atom is 0.253 e. The van der Waals surface area contributed by atoms with Crippen LogP contribution in [0.2, 0.25) is 0 Å². The van der Waals surface area contributed by atoms with E-state index in [1.165, 1.54) is 11.9 Å². The summed E-state index contributed by atoms with van der Waals surface area (Å²) in [6.45, 7) is 4.29. The molecule has 0 saturated heterocycles. The second-order valence-corrected chi connectivity index (χ2v) is 14.9. The van der Waals surface area contributed by atoms with Crippen LogP contribution >= 0.6 is 22.7 Å². The van der Waals surface area contributed by atoms with Crippen LogP contribution < -0.4 is 16.0 Å². The molecule has 0 aliphatic heterocycles. The van der Waals surface area contributed by atoms with Gasteiger partial charge in [-0.05, 0) is 77.2 Å². The Morgan fingerprint density at radius 1 is 0.679 bits per heavy atom. The summed E-state index contributed by atoms with van der Waals surface area (Å²) in [7, 11) is 1.64. The number of rotatable bonds is 9. The third kappa shape index (κ3) is 5.84. The predicted molar refractivity (Wildman–Crippen MR) is 219 cm³/mol. The number of carbonyl (C=O) groups excluding carboxylic acids is 1. The smallest absolute Gasteiger partial charge is 0.253 e. The Bertz CT molecular complexity index is 2780. The maximum atomic E-state index is 12.7. The van der Waals surface area contributed by atoms with Crippen LogP contribution in [0.15, 0.2) is 114 Å². The predicted octanol–water partition coefficient (Wildman–Crippen LogP) is 10.4. The first kappa shape index (κ1) is 32.7. The molecular weight excluding hydrogens is 697 g/mol. The summed E-state index contributed by atoms with van der Waals surface area (Å²) in [6.07, 6.45) is 1.53. The molecule has 0 aliphatic rings. The van der Waals surface area contributed by atoms with Gasteiger partial charge in [-0.2, -0.15) is 5.10 Å². The minimum atomic E-state index is -0.154. The highest BCUT2D eigenvalue weighted by molar-refractivity contribution is 7.18. The van der Waals surface area contributed by atoms with Gasteiger partial charge in [0.05, 0.1) is 16.6 Å². The average molecular weight is 731 g/mol. The van der Waals surface area contributed by atoms with Crippen LogP contribution in [0.5, 0.6) is 0 Å². The summed E-state index contributed by atoms with van der Waals surface area (Å²) in [5.41, 5.74) is 7.44. The molecule has 11 heteroatoms. The van der Waals surface area contributed by atoms with Gasteiger partial charge in [0.25, 0.3) is 5.91 Å². The molecule has 2 unspecified atom stereocenters. The zero-order chi connectivity index (χ0) is 36.1. The van der Waals surface area contributed by atoms with E-state index in [1.807, 2.05) is 24.3 Å². The number of para-hydroxylation sites is 1. The molecule has 4 aromatic carbocycles. The fourth-order valence-corrected chi connectivity index (χ4v) is 8.87. The molecule has 4 N–H and O–H groups in total. The highest BCUT2D eigenvalue weighted by Crippen LogP contribution is 2.41. The molecule has 0 saturated carbocycles. The van der Waals surface area contributed by atoms with Crippen LogP contribution in [0.1, 0.15) is 47.4 Å². The van der Waals surface area contributed by atoms with Crippen molar-refractivity contribution in [2.24, 2.45) is 0 Å². The highest BCUT2D eigenvalue weighted by atomic mass is 32.1. The third-order valence-corrected chi connectivity index (χ3v) is 11.7. The van der Waals surface area contributed by atoms with E-state index in [0.717, 1.165) is 70.4 Å². The number of hydrogen-bond donors (Lipinski definition) is 4. The zero-order valence-corrected chi connectivity index (χ0v) is 30.8. The number of carbonyl (C=O) groups is 1. The van der Waals surface area contributed by atoms with Crippen LogP contribution in [0, 0.1) is 0 Å². The average Bonchev–Trinajstić information content (AvgIpc) is 4.01. The lowest BCUT2D eigenvalue weighted by atomic mass is 9.96. The van der Waals surface area contributed by atoms with Gasteiger partial charge in [0, 0.05) is 55.6 Å². The first-order valence-corrected chi connectivity index (χ1v) is 19.1. The van der Waals surface area contributed by atoms with Gasteiger partial charge >= 0.3 is 0 Å². The summed E-state index contributed by atoms with van der Waals surface area (Å²) in [5, 5.41) is 25.7. The van der Waals surface area contributed by atoms with E-state index in [9.17, 15) is 4.79 Å². The number of nitrogens with one attached hydrogen (secondary N) is 4. The van der Waals surface area contributed by atoms with Crippen molar-refractivity contribution in [1.82, 2.24) is 30.5 Å². The standard InChI is InChI=1S/C42H34N8OS2/c1-23(25-8-5-4-6-9-25)46-41-32-17-19-53-38(32)33-20-28(21-34(36(33)49-41)39-44-22-45-50-39)27-14-12-26(13-15-27)24(2)47-40-31-16-18-52-37(31)29-10-7-11-30(35(29)48-40)42(51)43-3/h4-24H,1-3H3,(H,43,51)(H,46,49)(H,47,48)(H,44,45,50). The Hall–Kier alpha value is -6.17. The van der Waals surface area contributed by atoms with E-state index in [1.54, 1.807) is 29.7 Å².